The Morgan fingerprint density at radius 1 is 1.07 bits per heavy atom. The van der Waals surface area contributed by atoms with Crippen LogP contribution in [0, 0.1) is 41.4 Å². The normalized spacial score (nSPS) is 43.5. The lowest BCUT2D eigenvalue weighted by molar-refractivity contribution is -0.136. The number of ketones is 1. The number of allylic oxidation sites excluding steroid dienone is 2. The van der Waals surface area contributed by atoms with E-state index in [-0.39, 0.29) is 0 Å². The molecule has 0 saturated heterocycles. The molecule has 0 aromatic carbocycles. The minimum absolute atomic E-state index is 0.310. The number of fused-ring (bicyclic) bond motifs is 5. The fraction of sp³-hybridized carbons (Fsp3) is 0.680. The van der Waals surface area contributed by atoms with Gasteiger partial charge in [-0.2, -0.15) is 0 Å². The molecule has 4 aliphatic rings. The number of rotatable bonds is 1. The highest BCUT2D eigenvalue weighted by atomic mass is 16.1. The molecule has 0 aliphatic heterocycles. The molecular weight excluding hydrogens is 330 g/mol. The molecule has 5 rings (SSSR count). The van der Waals surface area contributed by atoms with Gasteiger partial charge in [0.1, 0.15) is 5.78 Å². The van der Waals surface area contributed by atoms with Gasteiger partial charge in [0.2, 0.25) is 0 Å². The summed E-state index contributed by atoms with van der Waals surface area (Å²) in [5.74, 6) is 3.62. The van der Waals surface area contributed by atoms with Gasteiger partial charge in [-0.3, -0.25) is 9.78 Å². The Morgan fingerprint density at radius 2 is 1.93 bits per heavy atom. The molecule has 2 heteroatoms. The minimum Gasteiger partial charge on any atom is -0.300 e. The summed E-state index contributed by atoms with van der Waals surface area (Å²) in [7, 11) is 0. The van der Waals surface area contributed by atoms with Crippen molar-refractivity contribution >= 4 is 11.4 Å². The SMILES string of the molecule is Cc1cncc(C2=CC[C@H]3[C@@H]4CCC5CC(=O)CC[C@]5(C)[C@H]4CC[C@]23C)c1. The second-order valence-electron chi connectivity index (χ2n) is 10.5. The zero-order valence-corrected chi connectivity index (χ0v) is 17.1. The zero-order valence-electron chi connectivity index (χ0n) is 17.1. The molecule has 3 saturated carbocycles. The van der Waals surface area contributed by atoms with E-state index in [0.29, 0.717) is 22.5 Å². The van der Waals surface area contributed by atoms with E-state index in [0.717, 1.165) is 37.0 Å². The van der Waals surface area contributed by atoms with Crippen molar-refractivity contribution in [2.24, 2.45) is 34.5 Å². The highest BCUT2D eigenvalue weighted by Gasteiger charge is 2.58. The lowest BCUT2D eigenvalue weighted by Gasteiger charge is -2.60. The van der Waals surface area contributed by atoms with Crippen molar-refractivity contribution < 1.29 is 4.79 Å². The predicted molar refractivity (Wildman–Crippen MR) is 109 cm³/mol. The Bertz CT molecular complexity index is 810. The summed E-state index contributed by atoms with van der Waals surface area (Å²) in [6.07, 6.45) is 15.9. The standard InChI is InChI=1S/C25H33NO/c1-16-12-17(15-26-14-16)21-6-7-22-20-5-4-18-13-19(27)8-10-24(18,2)23(20)9-11-25(21,22)3/h6,12,14-15,18,20,22-23H,4-5,7-11,13H2,1-3H3/t18?,20-,22-,23-,24-,25+/m0/s1. The van der Waals surface area contributed by atoms with E-state index in [9.17, 15) is 4.79 Å². The minimum atomic E-state index is 0.310. The van der Waals surface area contributed by atoms with Crippen molar-refractivity contribution in [1.82, 2.24) is 4.98 Å². The molecule has 0 radical (unpaired) electrons. The Kier molecular flexibility index (Phi) is 3.94. The summed E-state index contributed by atoms with van der Waals surface area (Å²) in [6, 6.07) is 2.32. The molecule has 0 N–H and O–H groups in total. The molecule has 0 bridgehead atoms. The zero-order chi connectivity index (χ0) is 18.8. The second-order valence-corrected chi connectivity index (χ2v) is 10.5. The van der Waals surface area contributed by atoms with E-state index in [4.69, 9.17) is 0 Å². The Labute approximate surface area is 163 Å². The third-order valence-corrected chi connectivity index (χ3v) is 9.25. The van der Waals surface area contributed by atoms with Crippen LogP contribution in [0.5, 0.6) is 0 Å². The van der Waals surface area contributed by atoms with Crippen molar-refractivity contribution in [2.75, 3.05) is 0 Å². The maximum Gasteiger partial charge on any atom is 0.133 e. The average molecular weight is 364 g/mol. The molecule has 1 aromatic rings. The van der Waals surface area contributed by atoms with E-state index in [1.54, 1.807) is 5.57 Å². The van der Waals surface area contributed by atoms with Gasteiger partial charge in [0.15, 0.2) is 0 Å². The van der Waals surface area contributed by atoms with E-state index in [1.165, 1.54) is 43.2 Å². The maximum atomic E-state index is 12.1. The van der Waals surface area contributed by atoms with Gasteiger partial charge in [0, 0.05) is 25.2 Å². The van der Waals surface area contributed by atoms with Crippen LogP contribution in [0.3, 0.4) is 0 Å². The van der Waals surface area contributed by atoms with Gasteiger partial charge in [-0.15, -0.1) is 0 Å². The summed E-state index contributed by atoms with van der Waals surface area (Å²) in [6.45, 7) is 7.22. The number of hydrogen-bond acceptors (Lipinski definition) is 2. The van der Waals surface area contributed by atoms with Gasteiger partial charge in [0.05, 0.1) is 0 Å². The highest BCUT2D eigenvalue weighted by Crippen LogP contribution is 2.67. The molecule has 1 unspecified atom stereocenters. The first kappa shape index (κ1) is 17.6. The smallest absolute Gasteiger partial charge is 0.133 e. The van der Waals surface area contributed by atoms with Crippen molar-refractivity contribution in [2.45, 2.75) is 72.1 Å². The lowest BCUT2D eigenvalue weighted by atomic mass is 9.44. The highest BCUT2D eigenvalue weighted by molar-refractivity contribution is 5.79. The summed E-state index contributed by atoms with van der Waals surface area (Å²) < 4.78 is 0. The fourth-order valence-corrected chi connectivity index (χ4v) is 7.76. The Hall–Kier alpha value is -1.44. The number of carbonyl (C=O) groups is 1. The first-order valence-corrected chi connectivity index (χ1v) is 11.1. The van der Waals surface area contributed by atoms with Crippen molar-refractivity contribution in [3.63, 3.8) is 0 Å². The van der Waals surface area contributed by atoms with E-state index in [1.807, 2.05) is 6.20 Å². The Morgan fingerprint density at radius 3 is 2.74 bits per heavy atom. The molecule has 6 atom stereocenters. The van der Waals surface area contributed by atoms with Crippen LogP contribution in [0.1, 0.15) is 76.3 Å². The summed E-state index contributed by atoms with van der Waals surface area (Å²) in [5, 5.41) is 0. The van der Waals surface area contributed by atoms with Crippen molar-refractivity contribution in [3.05, 3.63) is 35.7 Å². The number of carbonyl (C=O) groups excluding carboxylic acids is 1. The van der Waals surface area contributed by atoms with Gasteiger partial charge >= 0.3 is 0 Å². The monoisotopic (exact) mass is 363 g/mol. The molecular formula is C25H33NO. The molecule has 0 spiro atoms. The largest absolute Gasteiger partial charge is 0.300 e. The van der Waals surface area contributed by atoms with Gasteiger partial charge in [-0.1, -0.05) is 19.9 Å². The lowest BCUT2D eigenvalue weighted by Crippen LogP contribution is -2.53. The number of Topliss-reactive ketones (excluding diaryl/α,β-unsaturated/α-hetero) is 1. The number of nitrogens with zero attached hydrogens (tertiary/aromatic N) is 1. The molecule has 1 aromatic heterocycles. The molecule has 27 heavy (non-hydrogen) atoms. The molecule has 144 valence electrons. The Balaban J connectivity index is 1.45. The van der Waals surface area contributed by atoms with Gasteiger partial charge in [0.25, 0.3) is 0 Å². The summed E-state index contributed by atoms with van der Waals surface area (Å²) in [5.41, 5.74) is 4.89. The average Bonchev–Trinajstić information content (AvgIpc) is 2.99. The first-order valence-electron chi connectivity index (χ1n) is 11.1. The van der Waals surface area contributed by atoms with Crippen LogP contribution in [0.25, 0.3) is 5.57 Å². The van der Waals surface area contributed by atoms with Crippen LogP contribution < -0.4 is 0 Å². The number of pyridine rings is 1. The maximum absolute atomic E-state index is 12.1. The van der Waals surface area contributed by atoms with Gasteiger partial charge in [-0.05, 0) is 103 Å². The van der Waals surface area contributed by atoms with Crippen LogP contribution in [-0.4, -0.2) is 10.8 Å². The summed E-state index contributed by atoms with van der Waals surface area (Å²) >= 11 is 0. The summed E-state index contributed by atoms with van der Waals surface area (Å²) in [4.78, 5) is 16.5. The molecule has 2 nitrogen and oxygen atoms in total. The van der Waals surface area contributed by atoms with Crippen LogP contribution in [0.15, 0.2) is 24.5 Å². The second kappa shape index (κ2) is 6.03. The predicted octanol–water partition coefficient (Wildman–Crippen LogP) is 6.00. The third kappa shape index (κ3) is 2.51. The van der Waals surface area contributed by atoms with E-state index in [2.05, 4.69) is 44.1 Å². The molecule has 3 fully saturated rings. The van der Waals surface area contributed by atoms with Crippen LogP contribution >= 0.6 is 0 Å². The van der Waals surface area contributed by atoms with Crippen LogP contribution in [0.2, 0.25) is 0 Å². The van der Waals surface area contributed by atoms with Crippen molar-refractivity contribution in [1.29, 1.82) is 0 Å². The first-order chi connectivity index (χ1) is 12.9. The van der Waals surface area contributed by atoms with Crippen LogP contribution in [-0.2, 0) is 4.79 Å². The molecule has 4 aliphatic carbocycles. The topological polar surface area (TPSA) is 30.0 Å². The fourth-order valence-electron chi connectivity index (χ4n) is 7.76. The van der Waals surface area contributed by atoms with E-state index >= 15 is 0 Å². The number of aromatic nitrogens is 1. The number of hydrogen-bond donors (Lipinski definition) is 0. The molecule has 1 heterocycles. The van der Waals surface area contributed by atoms with Gasteiger partial charge < -0.3 is 0 Å². The van der Waals surface area contributed by atoms with Crippen LogP contribution in [0.4, 0.5) is 0 Å². The van der Waals surface area contributed by atoms with E-state index < -0.39 is 0 Å². The number of aryl methyl sites for hydroxylation is 1. The third-order valence-electron chi connectivity index (χ3n) is 9.25. The quantitative estimate of drug-likeness (QED) is 0.613. The molecule has 0 amide bonds. The van der Waals surface area contributed by atoms with Gasteiger partial charge in [-0.25, -0.2) is 0 Å². The van der Waals surface area contributed by atoms with Crippen molar-refractivity contribution in [3.8, 4) is 0 Å².